The van der Waals surface area contributed by atoms with Crippen LogP contribution in [0.15, 0.2) is 49.1 Å². The molecule has 2 aromatic rings. The molecule has 0 aromatic heterocycles. The summed E-state index contributed by atoms with van der Waals surface area (Å²) in [5.41, 5.74) is 2.40. The van der Waals surface area contributed by atoms with Crippen LogP contribution < -0.4 is 4.74 Å². The van der Waals surface area contributed by atoms with Crippen LogP contribution in [0.1, 0.15) is 44.9 Å². The van der Waals surface area contributed by atoms with Crippen molar-refractivity contribution in [1.82, 2.24) is 0 Å². The molecule has 0 saturated heterocycles. The molecule has 0 saturated carbocycles. The lowest BCUT2D eigenvalue weighted by molar-refractivity contribution is 0.0826. The molecular weight excluding hydrogens is 327 g/mol. The van der Waals surface area contributed by atoms with Crippen LogP contribution in [0.3, 0.4) is 0 Å². The number of halogens is 1. The number of aliphatic hydroxyl groups excluding tert-OH is 1. The van der Waals surface area contributed by atoms with Crippen LogP contribution in [0.25, 0.3) is 11.1 Å². The van der Waals surface area contributed by atoms with Crippen molar-refractivity contribution in [1.29, 1.82) is 0 Å². The van der Waals surface area contributed by atoms with Gasteiger partial charge in [-0.2, -0.15) is 0 Å². The molecule has 3 heteroatoms. The number of benzene rings is 2. The molecule has 0 fully saturated rings. The molecule has 0 aliphatic carbocycles. The van der Waals surface area contributed by atoms with E-state index in [4.69, 9.17) is 4.74 Å². The second-order valence-corrected chi connectivity index (χ2v) is 7.79. The molecule has 0 aliphatic rings. The normalized spacial score (nSPS) is 12.9. The Kier molecular flexibility index (Phi) is 6.25. The molecule has 0 amide bonds. The highest BCUT2D eigenvalue weighted by atomic mass is 19.1. The molecule has 26 heavy (non-hydrogen) atoms. The summed E-state index contributed by atoms with van der Waals surface area (Å²) in [6.45, 7) is 12.0. The summed E-state index contributed by atoms with van der Waals surface area (Å²) in [7, 11) is 1.55. The first-order valence-corrected chi connectivity index (χ1v) is 8.98. The highest BCUT2D eigenvalue weighted by Crippen LogP contribution is 2.41. The van der Waals surface area contributed by atoms with E-state index < -0.39 is 11.5 Å². The van der Waals surface area contributed by atoms with Crippen molar-refractivity contribution in [2.24, 2.45) is 11.3 Å². The maximum Gasteiger partial charge on any atom is 0.131 e. The topological polar surface area (TPSA) is 29.5 Å². The first kappa shape index (κ1) is 20.2. The molecule has 0 bridgehead atoms. The van der Waals surface area contributed by atoms with Crippen LogP contribution in [0.4, 0.5) is 4.39 Å². The van der Waals surface area contributed by atoms with Crippen LogP contribution in [-0.4, -0.2) is 12.2 Å². The van der Waals surface area contributed by atoms with Gasteiger partial charge in [-0.1, -0.05) is 52.0 Å². The van der Waals surface area contributed by atoms with E-state index in [1.165, 1.54) is 6.07 Å². The summed E-state index contributed by atoms with van der Waals surface area (Å²) in [5, 5.41) is 11.0. The quantitative estimate of drug-likeness (QED) is 0.622. The molecule has 0 unspecified atom stereocenters. The van der Waals surface area contributed by atoms with Gasteiger partial charge in [-0.25, -0.2) is 4.39 Å². The minimum absolute atomic E-state index is 0.340. The molecule has 2 rings (SSSR count). The van der Waals surface area contributed by atoms with Crippen molar-refractivity contribution in [2.75, 3.05) is 7.11 Å². The summed E-state index contributed by atoms with van der Waals surface area (Å²) in [6, 6.07) is 10.5. The molecule has 2 aromatic carbocycles. The van der Waals surface area contributed by atoms with Gasteiger partial charge in [0.2, 0.25) is 0 Å². The first-order valence-electron chi connectivity index (χ1n) is 8.98. The molecule has 0 aliphatic heterocycles. The van der Waals surface area contributed by atoms with Crippen molar-refractivity contribution in [3.05, 3.63) is 66.0 Å². The zero-order chi connectivity index (χ0) is 19.5. The average molecular weight is 356 g/mol. The molecule has 0 spiro atoms. The van der Waals surface area contributed by atoms with Gasteiger partial charge in [0, 0.05) is 11.0 Å². The third-order valence-electron chi connectivity index (χ3n) is 4.75. The number of rotatable bonds is 7. The van der Waals surface area contributed by atoms with Crippen LogP contribution >= 0.6 is 0 Å². The lowest BCUT2D eigenvalue weighted by atomic mass is 9.79. The maximum absolute atomic E-state index is 14.6. The Balaban J connectivity index is 2.67. The summed E-state index contributed by atoms with van der Waals surface area (Å²) < 4.78 is 19.8. The summed E-state index contributed by atoms with van der Waals surface area (Å²) >= 11 is 0. The molecule has 2 nitrogen and oxygen atoms in total. The zero-order valence-electron chi connectivity index (χ0n) is 16.3. The predicted molar refractivity (Wildman–Crippen MR) is 106 cm³/mol. The number of ether oxygens (including phenoxy) is 1. The fourth-order valence-corrected chi connectivity index (χ4v) is 3.03. The second-order valence-electron chi connectivity index (χ2n) is 7.79. The molecule has 0 radical (unpaired) electrons. The number of hydrogen-bond donors (Lipinski definition) is 1. The fraction of sp³-hybridized carbons (Fsp3) is 0.391. The van der Waals surface area contributed by atoms with E-state index in [2.05, 4.69) is 20.4 Å². The summed E-state index contributed by atoms with van der Waals surface area (Å²) in [6.07, 6.45) is 1.83. The first-order chi connectivity index (χ1) is 12.2. The second kappa shape index (κ2) is 8.05. The Bertz CT molecular complexity index is 778. The van der Waals surface area contributed by atoms with Gasteiger partial charge in [0.1, 0.15) is 11.6 Å². The molecule has 0 heterocycles. The van der Waals surface area contributed by atoms with E-state index in [1.54, 1.807) is 25.3 Å². The Hall–Kier alpha value is -2.13. The average Bonchev–Trinajstić information content (AvgIpc) is 2.61. The van der Waals surface area contributed by atoms with Crippen molar-refractivity contribution in [3.8, 4) is 16.9 Å². The summed E-state index contributed by atoms with van der Waals surface area (Å²) in [5.74, 6) is 0.732. The van der Waals surface area contributed by atoms with E-state index in [-0.39, 0.29) is 5.82 Å². The Morgan fingerprint density at radius 1 is 1.15 bits per heavy atom. The molecule has 1 atom stereocenters. The lowest BCUT2D eigenvalue weighted by Gasteiger charge is -2.29. The zero-order valence-corrected chi connectivity index (χ0v) is 16.3. The van der Waals surface area contributed by atoms with Gasteiger partial charge in [-0.15, -0.1) is 6.58 Å². The predicted octanol–water partition coefficient (Wildman–Crippen LogP) is 5.95. The van der Waals surface area contributed by atoms with Crippen LogP contribution in [-0.2, 0) is 6.42 Å². The van der Waals surface area contributed by atoms with E-state index in [0.29, 0.717) is 28.4 Å². The van der Waals surface area contributed by atoms with Crippen LogP contribution in [0.5, 0.6) is 5.75 Å². The minimum Gasteiger partial charge on any atom is -0.497 e. The van der Waals surface area contributed by atoms with Crippen molar-refractivity contribution >= 4 is 0 Å². The van der Waals surface area contributed by atoms with E-state index in [0.717, 1.165) is 12.0 Å². The number of methoxy groups -OCH3 is 1. The van der Waals surface area contributed by atoms with E-state index in [9.17, 15) is 9.50 Å². The highest BCUT2D eigenvalue weighted by molar-refractivity contribution is 5.70. The van der Waals surface area contributed by atoms with Crippen molar-refractivity contribution in [3.63, 3.8) is 0 Å². The standard InChI is InChI=1S/C23H29FO2/c1-7-23(4,5)22(25)20-13-16(12-15(2)3)8-10-18(20)19-14-17(26-6)9-11-21(19)24/h7-11,13-15,22,25H,1,12H2,2-6H3/t22-/m1/s1. The van der Waals surface area contributed by atoms with Gasteiger partial charge in [0.05, 0.1) is 13.2 Å². The minimum atomic E-state index is -0.798. The van der Waals surface area contributed by atoms with Crippen LogP contribution in [0.2, 0.25) is 0 Å². The van der Waals surface area contributed by atoms with Crippen molar-refractivity contribution < 1.29 is 14.2 Å². The SMILES string of the molecule is C=CC(C)(C)[C@H](O)c1cc(CC(C)C)ccc1-c1cc(OC)ccc1F. The number of aliphatic hydroxyl groups is 1. The lowest BCUT2D eigenvalue weighted by Crippen LogP contribution is -2.20. The third-order valence-corrected chi connectivity index (χ3v) is 4.75. The van der Waals surface area contributed by atoms with Crippen molar-refractivity contribution in [2.45, 2.75) is 40.2 Å². The third kappa shape index (κ3) is 4.34. The molecule has 140 valence electrons. The Labute approximate surface area is 156 Å². The fourth-order valence-electron chi connectivity index (χ4n) is 3.03. The highest BCUT2D eigenvalue weighted by Gasteiger charge is 2.29. The Morgan fingerprint density at radius 3 is 2.42 bits per heavy atom. The summed E-state index contributed by atoms with van der Waals surface area (Å²) in [4.78, 5) is 0. The molecule has 1 N–H and O–H groups in total. The van der Waals surface area contributed by atoms with Gasteiger partial charge >= 0.3 is 0 Å². The number of hydrogen-bond acceptors (Lipinski definition) is 2. The van der Waals surface area contributed by atoms with E-state index >= 15 is 0 Å². The monoisotopic (exact) mass is 356 g/mol. The van der Waals surface area contributed by atoms with E-state index in [1.807, 2.05) is 32.0 Å². The van der Waals surface area contributed by atoms with Gasteiger partial charge in [-0.3, -0.25) is 0 Å². The van der Waals surface area contributed by atoms with Gasteiger partial charge < -0.3 is 9.84 Å². The van der Waals surface area contributed by atoms with Gasteiger partial charge in [0.15, 0.2) is 0 Å². The molecular formula is C23H29FO2. The Morgan fingerprint density at radius 2 is 1.85 bits per heavy atom. The maximum atomic E-state index is 14.6. The van der Waals surface area contributed by atoms with Gasteiger partial charge in [-0.05, 0) is 47.2 Å². The van der Waals surface area contributed by atoms with Crippen LogP contribution in [0, 0.1) is 17.2 Å². The smallest absolute Gasteiger partial charge is 0.131 e. The van der Waals surface area contributed by atoms with Gasteiger partial charge in [0.25, 0.3) is 0 Å². The largest absolute Gasteiger partial charge is 0.497 e.